The number of carbonyl (C=O) groups excluding carboxylic acids is 2. The van der Waals surface area contributed by atoms with Crippen molar-refractivity contribution in [3.8, 4) is 22.4 Å². The van der Waals surface area contributed by atoms with Gasteiger partial charge >= 0.3 is 0 Å². The second-order valence-corrected chi connectivity index (χ2v) is 7.64. The molecule has 3 aromatic rings. The van der Waals surface area contributed by atoms with Gasteiger partial charge in [0.2, 0.25) is 11.8 Å². The van der Waals surface area contributed by atoms with Crippen LogP contribution in [0.1, 0.15) is 31.1 Å². The van der Waals surface area contributed by atoms with Crippen molar-refractivity contribution in [1.82, 2.24) is 20.2 Å². The molecular weight excluding hydrogens is 364 g/mol. The Morgan fingerprint density at radius 1 is 1.00 bits per heavy atom. The molecule has 2 aliphatic rings. The van der Waals surface area contributed by atoms with E-state index in [0.717, 1.165) is 29.9 Å². The molecule has 6 nitrogen and oxygen atoms in total. The molecule has 2 saturated heterocycles. The summed E-state index contributed by atoms with van der Waals surface area (Å²) in [6.45, 7) is 0.706. The van der Waals surface area contributed by atoms with E-state index in [-0.39, 0.29) is 23.9 Å². The molecule has 0 aliphatic carbocycles. The Labute approximate surface area is 169 Å². The van der Waals surface area contributed by atoms with Crippen LogP contribution < -0.4 is 5.32 Å². The van der Waals surface area contributed by atoms with E-state index in [0.29, 0.717) is 13.0 Å². The number of hydrogen-bond acceptors (Lipinski definition) is 3. The number of nitrogens with one attached hydrogen (secondary N) is 2. The summed E-state index contributed by atoms with van der Waals surface area (Å²) in [5.74, 6) is 0.749. The predicted molar refractivity (Wildman–Crippen MR) is 110 cm³/mol. The van der Waals surface area contributed by atoms with Crippen LogP contribution in [0.3, 0.4) is 0 Å². The van der Waals surface area contributed by atoms with E-state index in [2.05, 4.69) is 51.7 Å². The van der Waals surface area contributed by atoms with Crippen molar-refractivity contribution in [2.45, 2.75) is 31.3 Å². The van der Waals surface area contributed by atoms with Crippen molar-refractivity contribution < 1.29 is 9.59 Å². The molecule has 2 fully saturated rings. The first-order valence-electron chi connectivity index (χ1n) is 9.99. The van der Waals surface area contributed by atoms with E-state index in [1.807, 2.05) is 29.3 Å². The lowest BCUT2D eigenvalue weighted by molar-refractivity contribution is -0.144. The van der Waals surface area contributed by atoms with Gasteiger partial charge in [-0.2, -0.15) is 0 Å². The second kappa shape index (κ2) is 7.20. The van der Waals surface area contributed by atoms with Crippen molar-refractivity contribution in [3.63, 3.8) is 0 Å². The van der Waals surface area contributed by atoms with Crippen molar-refractivity contribution in [2.24, 2.45) is 0 Å². The van der Waals surface area contributed by atoms with Crippen LogP contribution in [0, 0.1) is 0 Å². The minimum absolute atomic E-state index is 0.00253. The highest BCUT2D eigenvalue weighted by Gasteiger charge is 2.40. The van der Waals surface area contributed by atoms with E-state index in [1.165, 1.54) is 11.1 Å². The molecular formula is C23H22N4O2. The van der Waals surface area contributed by atoms with E-state index in [9.17, 15) is 9.59 Å². The lowest BCUT2D eigenvalue weighted by Gasteiger charge is -2.32. The first-order valence-corrected chi connectivity index (χ1v) is 9.99. The largest absolute Gasteiger partial charge is 0.344 e. The third-order valence-corrected chi connectivity index (χ3v) is 5.77. The molecule has 0 spiro atoms. The van der Waals surface area contributed by atoms with Crippen molar-refractivity contribution in [1.29, 1.82) is 0 Å². The zero-order chi connectivity index (χ0) is 19.8. The summed E-state index contributed by atoms with van der Waals surface area (Å²) in [6.07, 6.45) is 3.95. The highest BCUT2D eigenvalue weighted by atomic mass is 16.2. The summed E-state index contributed by atoms with van der Waals surface area (Å²) in [5, 5.41) is 2.68. The molecule has 0 bridgehead atoms. The summed E-state index contributed by atoms with van der Waals surface area (Å²) in [6, 6.07) is 18.2. The summed E-state index contributed by atoms with van der Waals surface area (Å²) >= 11 is 0. The molecule has 2 N–H and O–H groups in total. The van der Waals surface area contributed by atoms with Crippen molar-refractivity contribution in [3.05, 3.63) is 66.6 Å². The third-order valence-electron chi connectivity index (χ3n) is 5.77. The quantitative estimate of drug-likeness (QED) is 0.676. The minimum Gasteiger partial charge on any atom is -0.344 e. The summed E-state index contributed by atoms with van der Waals surface area (Å²) < 4.78 is 0. The predicted octanol–water partition coefficient (Wildman–Crippen LogP) is 3.30. The second-order valence-electron chi connectivity index (χ2n) is 7.64. The Morgan fingerprint density at radius 3 is 2.41 bits per heavy atom. The van der Waals surface area contributed by atoms with Crippen molar-refractivity contribution >= 4 is 11.8 Å². The van der Waals surface area contributed by atoms with Crippen LogP contribution >= 0.6 is 0 Å². The maximum Gasteiger partial charge on any atom is 0.246 e. The zero-order valence-corrected chi connectivity index (χ0v) is 16.0. The normalized spacial score (nSPS) is 21.0. The maximum absolute atomic E-state index is 12.7. The number of H-pyrrole nitrogens is 1. The maximum atomic E-state index is 12.7. The van der Waals surface area contributed by atoms with Crippen LogP contribution in [0.2, 0.25) is 0 Å². The number of aromatic amines is 1. The minimum atomic E-state index is -0.372. The van der Waals surface area contributed by atoms with Gasteiger partial charge in [0.25, 0.3) is 0 Å². The van der Waals surface area contributed by atoms with Gasteiger partial charge in [0, 0.05) is 6.54 Å². The standard InChI is InChI=1S/C23H22N4O2/c28-21-13-18(25-21)23(29)27-12-4-7-20(27)22-24-14-19(26-22)17-10-8-16(9-11-17)15-5-2-1-3-6-15/h1-3,5-6,8-11,14,18,20H,4,7,12-13H2,(H,24,26)(H,25,28)/t18-,20-/m0/s1. The van der Waals surface area contributed by atoms with E-state index in [1.54, 1.807) is 0 Å². The molecule has 29 heavy (non-hydrogen) atoms. The topological polar surface area (TPSA) is 78.1 Å². The van der Waals surface area contributed by atoms with Crippen molar-refractivity contribution in [2.75, 3.05) is 6.54 Å². The molecule has 5 rings (SSSR count). The molecule has 2 amide bonds. The third kappa shape index (κ3) is 3.31. The first kappa shape index (κ1) is 17.7. The van der Waals surface area contributed by atoms with E-state index < -0.39 is 0 Å². The number of nitrogens with zero attached hydrogens (tertiary/aromatic N) is 2. The van der Waals surface area contributed by atoms with Gasteiger partial charge in [0.1, 0.15) is 11.9 Å². The summed E-state index contributed by atoms with van der Waals surface area (Å²) in [7, 11) is 0. The number of carbonyl (C=O) groups is 2. The van der Waals surface area contributed by atoms with Gasteiger partial charge in [-0.15, -0.1) is 0 Å². The number of likely N-dealkylation sites (tertiary alicyclic amines) is 1. The Bertz CT molecular complexity index is 1030. The van der Waals surface area contributed by atoms with Crippen LogP contribution in [-0.2, 0) is 9.59 Å². The Kier molecular flexibility index (Phi) is 4.39. The number of rotatable bonds is 4. The Balaban J connectivity index is 1.34. The fourth-order valence-electron chi connectivity index (χ4n) is 4.15. The molecule has 6 heteroatoms. The Hall–Kier alpha value is -3.41. The molecule has 0 unspecified atom stereocenters. The molecule has 2 aliphatic heterocycles. The SMILES string of the molecule is O=C1C[C@@H](C(=O)N2CCC[C@H]2c2ncc(-c3ccc(-c4ccccc4)cc3)[nH]2)N1. The van der Waals surface area contributed by atoms with Gasteiger partial charge in [-0.25, -0.2) is 4.98 Å². The van der Waals surface area contributed by atoms with Gasteiger partial charge in [-0.3, -0.25) is 9.59 Å². The van der Waals surface area contributed by atoms with Crippen LogP contribution in [-0.4, -0.2) is 39.3 Å². The van der Waals surface area contributed by atoms with Gasteiger partial charge < -0.3 is 15.2 Å². The molecule has 0 saturated carbocycles. The molecule has 0 radical (unpaired) electrons. The fourth-order valence-corrected chi connectivity index (χ4v) is 4.15. The number of aromatic nitrogens is 2. The van der Waals surface area contributed by atoms with Gasteiger partial charge in [-0.05, 0) is 29.5 Å². The van der Waals surface area contributed by atoms with E-state index >= 15 is 0 Å². The first-order chi connectivity index (χ1) is 14.2. The van der Waals surface area contributed by atoms with Gasteiger partial charge in [0.05, 0.1) is 24.4 Å². The molecule has 2 atom stereocenters. The number of β-lactam (4-membered cyclic amide) rings is 1. The number of hydrogen-bond donors (Lipinski definition) is 2. The highest BCUT2D eigenvalue weighted by Crippen LogP contribution is 2.33. The highest BCUT2D eigenvalue weighted by molar-refractivity contribution is 5.97. The van der Waals surface area contributed by atoms with Crippen LogP contribution in [0.15, 0.2) is 60.8 Å². The Morgan fingerprint density at radius 2 is 1.69 bits per heavy atom. The van der Waals surface area contributed by atoms with Crippen LogP contribution in [0.4, 0.5) is 0 Å². The summed E-state index contributed by atoms with van der Waals surface area (Å²) in [5.41, 5.74) is 4.36. The number of amides is 2. The molecule has 1 aromatic heterocycles. The number of benzene rings is 2. The monoisotopic (exact) mass is 386 g/mol. The molecule has 146 valence electrons. The average molecular weight is 386 g/mol. The molecule has 3 heterocycles. The number of imidazole rings is 1. The zero-order valence-electron chi connectivity index (χ0n) is 16.0. The van der Waals surface area contributed by atoms with Gasteiger partial charge in [0.15, 0.2) is 0 Å². The van der Waals surface area contributed by atoms with Gasteiger partial charge in [-0.1, -0.05) is 54.6 Å². The lowest BCUT2D eigenvalue weighted by Crippen LogP contribution is -2.57. The fraction of sp³-hybridized carbons (Fsp3) is 0.261. The van der Waals surface area contributed by atoms with E-state index in [4.69, 9.17) is 0 Å². The summed E-state index contributed by atoms with van der Waals surface area (Å²) in [4.78, 5) is 33.7. The van der Waals surface area contributed by atoms with Crippen LogP contribution in [0.25, 0.3) is 22.4 Å². The molecule has 2 aromatic carbocycles. The average Bonchev–Trinajstić information content (AvgIpc) is 3.41. The lowest BCUT2D eigenvalue weighted by atomic mass is 10.0. The van der Waals surface area contributed by atoms with Crippen LogP contribution in [0.5, 0.6) is 0 Å². The smallest absolute Gasteiger partial charge is 0.246 e.